The van der Waals surface area contributed by atoms with Crippen LogP contribution in [0.4, 0.5) is 8.78 Å². The van der Waals surface area contributed by atoms with Crippen molar-refractivity contribution in [3.05, 3.63) is 47.5 Å². The van der Waals surface area contributed by atoms with Crippen molar-refractivity contribution in [3.8, 4) is 0 Å². The lowest BCUT2D eigenvalue weighted by atomic mass is 9.64. The molecule has 0 aliphatic heterocycles. The van der Waals surface area contributed by atoms with Crippen molar-refractivity contribution in [3.63, 3.8) is 0 Å². The molecule has 0 nitrogen and oxygen atoms in total. The number of allylic oxidation sites excluding steroid dienone is 2. The van der Waals surface area contributed by atoms with Gasteiger partial charge >= 0.3 is 0 Å². The normalized spacial score (nSPS) is 31.3. The van der Waals surface area contributed by atoms with Gasteiger partial charge in [-0.3, -0.25) is 0 Å². The minimum atomic E-state index is -0.734. The topological polar surface area (TPSA) is 0 Å². The number of fused-ring (bicyclic) bond motifs is 1. The lowest BCUT2D eigenvalue weighted by Gasteiger charge is -2.41. The summed E-state index contributed by atoms with van der Waals surface area (Å²) in [7, 11) is 0. The average molecular weight is 318 g/mol. The first-order valence-electron chi connectivity index (χ1n) is 9.29. The molecule has 0 amide bonds. The van der Waals surface area contributed by atoms with Crippen molar-refractivity contribution < 1.29 is 8.78 Å². The van der Waals surface area contributed by atoms with E-state index < -0.39 is 11.6 Å². The van der Waals surface area contributed by atoms with Gasteiger partial charge < -0.3 is 0 Å². The van der Waals surface area contributed by atoms with Crippen LogP contribution in [-0.2, 0) is 0 Å². The van der Waals surface area contributed by atoms with Crippen molar-refractivity contribution in [1.82, 2.24) is 0 Å². The zero-order valence-electron chi connectivity index (χ0n) is 14.1. The number of hydrogen-bond donors (Lipinski definition) is 0. The van der Waals surface area contributed by atoms with Crippen LogP contribution in [0.1, 0.15) is 69.8 Å². The number of hydrogen-bond acceptors (Lipinski definition) is 0. The van der Waals surface area contributed by atoms with Gasteiger partial charge in [0.2, 0.25) is 0 Å². The van der Waals surface area contributed by atoms with Crippen molar-refractivity contribution in [2.24, 2.45) is 17.8 Å². The quantitative estimate of drug-likeness (QED) is 0.547. The smallest absolute Gasteiger partial charge is 0.159 e. The van der Waals surface area contributed by atoms with E-state index in [1.165, 1.54) is 50.7 Å². The molecule has 1 aromatic carbocycles. The molecule has 0 spiro atoms. The third-order valence-corrected chi connectivity index (χ3v) is 5.93. The Hall–Kier alpha value is -1.18. The first-order chi connectivity index (χ1) is 11.2. The van der Waals surface area contributed by atoms with Crippen LogP contribution in [0.2, 0.25) is 0 Å². The summed E-state index contributed by atoms with van der Waals surface area (Å²) in [5.41, 5.74) is 0.993. The SMILES string of the molecule is CCC/C=C/C1CCC2CC(c3ccc(F)c(F)c3)CCC2C1. The minimum absolute atomic E-state index is 0.415. The van der Waals surface area contributed by atoms with Gasteiger partial charge in [-0.1, -0.05) is 31.6 Å². The molecule has 2 saturated carbocycles. The summed E-state index contributed by atoms with van der Waals surface area (Å²) >= 11 is 0. The van der Waals surface area contributed by atoms with E-state index in [4.69, 9.17) is 0 Å². The number of rotatable bonds is 4. The Morgan fingerprint density at radius 3 is 2.57 bits per heavy atom. The van der Waals surface area contributed by atoms with Gasteiger partial charge in [-0.15, -0.1) is 0 Å². The maximum Gasteiger partial charge on any atom is 0.159 e. The zero-order valence-corrected chi connectivity index (χ0v) is 14.1. The molecule has 4 unspecified atom stereocenters. The number of benzene rings is 1. The van der Waals surface area contributed by atoms with E-state index in [1.807, 2.05) is 0 Å². The van der Waals surface area contributed by atoms with Crippen LogP contribution in [0.25, 0.3) is 0 Å². The Bertz CT molecular complexity index is 549. The summed E-state index contributed by atoms with van der Waals surface area (Å²) in [5.74, 6) is 1.36. The van der Waals surface area contributed by atoms with Gasteiger partial charge in [0, 0.05) is 0 Å². The highest BCUT2D eigenvalue weighted by atomic mass is 19.2. The summed E-state index contributed by atoms with van der Waals surface area (Å²) < 4.78 is 26.6. The Kier molecular flexibility index (Phi) is 5.50. The standard InChI is InChI=1S/C21H28F2/c1-2-3-4-5-15-6-7-17-13-18(9-8-16(17)12-15)19-10-11-20(22)21(23)14-19/h4-5,10-11,14-18H,2-3,6-9,12-13H2,1H3/b5-4+. The number of unbranched alkanes of at least 4 members (excludes halogenated alkanes) is 1. The summed E-state index contributed by atoms with van der Waals surface area (Å²) in [6.07, 6.45) is 14.7. The van der Waals surface area contributed by atoms with E-state index in [0.29, 0.717) is 5.92 Å². The molecular weight excluding hydrogens is 290 g/mol. The van der Waals surface area contributed by atoms with E-state index in [9.17, 15) is 8.78 Å². The van der Waals surface area contributed by atoms with Gasteiger partial charge in [-0.05, 0) is 86.3 Å². The lowest BCUT2D eigenvalue weighted by molar-refractivity contribution is 0.133. The van der Waals surface area contributed by atoms with Crippen LogP contribution in [-0.4, -0.2) is 0 Å². The summed E-state index contributed by atoms with van der Waals surface area (Å²) in [6.45, 7) is 2.22. The molecule has 2 aliphatic rings. The predicted octanol–water partition coefficient (Wildman–Crippen LogP) is 6.62. The molecule has 0 heterocycles. The third kappa shape index (κ3) is 4.02. The molecule has 126 valence electrons. The van der Waals surface area contributed by atoms with Gasteiger partial charge in [-0.2, -0.15) is 0 Å². The predicted molar refractivity (Wildman–Crippen MR) is 91.3 cm³/mol. The average Bonchev–Trinajstić information content (AvgIpc) is 2.57. The highest BCUT2D eigenvalue weighted by molar-refractivity contribution is 5.22. The highest BCUT2D eigenvalue weighted by Crippen LogP contribution is 2.47. The molecule has 4 atom stereocenters. The second-order valence-electron chi connectivity index (χ2n) is 7.49. The van der Waals surface area contributed by atoms with E-state index >= 15 is 0 Å². The molecule has 3 rings (SSSR count). The molecule has 0 radical (unpaired) electrons. The van der Waals surface area contributed by atoms with Crippen LogP contribution < -0.4 is 0 Å². The highest BCUT2D eigenvalue weighted by Gasteiger charge is 2.35. The first-order valence-corrected chi connectivity index (χ1v) is 9.29. The van der Waals surface area contributed by atoms with Gasteiger partial charge in [0.15, 0.2) is 11.6 Å². The maximum atomic E-state index is 13.5. The monoisotopic (exact) mass is 318 g/mol. The summed E-state index contributed by atoms with van der Waals surface area (Å²) in [5, 5.41) is 0. The molecule has 1 aromatic rings. The van der Waals surface area contributed by atoms with Crippen LogP contribution in [0.15, 0.2) is 30.4 Å². The fourth-order valence-corrected chi connectivity index (χ4v) is 4.62. The molecule has 0 aromatic heterocycles. The van der Waals surface area contributed by atoms with Crippen molar-refractivity contribution >= 4 is 0 Å². The van der Waals surface area contributed by atoms with Gasteiger partial charge in [0.05, 0.1) is 0 Å². The molecule has 0 N–H and O–H groups in total. The summed E-state index contributed by atoms with van der Waals surface area (Å²) in [4.78, 5) is 0. The van der Waals surface area contributed by atoms with E-state index in [-0.39, 0.29) is 0 Å². The Labute approximate surface area is 139 Å². The van der Waals surface area contributed by atoms with Crippen LogP contribution in [0.5, 0.6) is 0 Å². The molecule has 2 fully saturated rings. The van der Waals surface area contributed by atoms with Crippen LogP contribution in [0, 0.1) is 29.4 Å². The van der Waals surface area contributed by atoms with Crippen molar-refractivity contribution in [2.45, 2.75) is 64.2 Å². The fourth-order valence-electron chi connectivity index (χ4n) is 4.62. The Balaban J connectivity index is 1.59. The van der Waals surface area contributed by atoms with Gasteiger partial charge in [-0.25, -0.2) is 8.78 Å². The lowest BCUT2D eigenvalue weighted by Crippen LogP contribution is -2.30. The van der Waals surface area contributed by atoms with E-state index in [0.717, 1.165) is 36.2 Å². The maximum absolute atomic E-state index is 13.5. The zero-order chi connectivity index (χ0) is 16.2. The van der Waals surface area contributed by atoms with E-state index in [1.54, 1.807) is 6.07 Å². The molecule has 0 saturated heterocycles. The largest absolute Gasteiger partial charge is 0.204 e. The molecule has 23 heavy (non-hydrogen) atoms. The third-order valence-electron chi connectivity index (χ3n) is 5.93. The molecule has 2 aliphatic carbocycles. The molecular formula is C21H28F2. The number of halogens is 2. The van der Waals surface area contributed by atoms with Crippen LogP contribution >= 0.6 is 0 Å². The van der Waals surface area contributed by atoms with Crippen molar-refractivity contribution in [2.75, 3.05) is 0 Å². The Morgan fingerprint density at radius 1 is 1.00 bits per heavy atom. The first kappa shape index (κ1) is 16.7. The van der Waals surface area contributed by atoms with Crippen LogP contribution in [0.3, 0.4) is 0 Å². The van der Waals surface area contributed by atoms with Gasteiger partial charge in [0.1, 0.15) is 0 Å². The second-order valence-corrected chi connectivity index (χ2v) is 7.49. The second kappa shape index (κ2) is 7.59. The van der Waals surface area contributed by atoms with E-state index in [2.05, 4.69) is 19.1 Å². The minimum Gasteiger partial charge on any atom is -0.204 e. The summed E-state index contributed by atoms with van der Waals surface area (Å²) in [6, 6.07) is 4.48. The molecule has 0 bridgehead atoms. The fraction of sp³-hybridized carbons (Fsp3) is 0.619. The Morgan fingerprint density at radius 2 is 1.78 bits per heavy atom. The van der Waals surface area contributed by atoms with Gasteiger partial charge in [0.25, 0.3) is 0 Å². The molecule has 2 heteroatoms. The van der Waals surface area contributed by atoms with Crippen molar-refractivity contribution in [1.29, 1.82) is 0 Å².